The second-order valence-electron chi connectivity index (χ2n) is 8.17. The molecule has 2 fully saturated rings. The van der Waals surface area contributed by atoms with E-state index in [4.69, 9.17) is 0 Å². The van der Waals surface area contributed by atoms with E-state index in [-0.39, 0.29) is 24.2 Å². The van der Waals surface area contributed by atoms with E-state index in [2.05, 4.69) is 20.6 Å². The molecule has 3 N–H and O–H groups in total. The number of nitrogens with one attached hydrogen (secondary N) is 3. The SMILES string of the molecule is CC1(C2CC2)NC(=O)N(CC(=O)Nc2ccc3nc(-c4cccc(F)c4)[nH]c3c2)C1=O. The molecule has 1 aromatic heterocycles. The molecule has 4 amide bonds. The van der Waals surface area contributed by atoms with Crippen LogP contribution in [0.25, 0.3) is 22.4 Å². The van der Waals surface area contributed by atoms with Gasteiger partial charge in [0.05, 0.1) is 11.0 Å². The first-order valence-electron chi connectivity index (χ1n) is 10.0. The summed E-state index contributed by atoms with van der Waals surface area (Å²) in [6, 6.07) is 10.6. The van der Waals surface area contributed by atoms with Crippen molar-refractivity contribution in [2.75, 3.05) is 11.9 Å². The summed E-state index contributed by atoms with van der Waals surface area (Å²) in [4.78, 5) is 45.9. The lowest BCUT2D eigenvalue weighted by molar-refractivity contribution is -0.134. The Kier molecular flexibility index (Phi) is 4.28. The van der Waals surface area contributed by atoms with Crippen LogP contribution in [0.1, 0.15) is 19.8 Å². The van der Waals surface area contributed by atoms with Crippen molar-refractivity contribution in [3.05, 3.63) is 48.3 Å². The molecule has 0 radical (unpaired) electrons. The molecule has 3 aromatic rings. The largest absolute Gasteiger partial charge is 0.338 e. The van der Waals surface area contributed by atoms with Gasteiger partial charge in [0, 0.05) is 11.3 Å². The van der Waals surface area contributed by atoms with Crippen molar-refractivity contribution in [1.82, 2.24) is 20.2 Å². The van der Waals surface area contributed by atoms with Crippen LogP contribution >= 0.6 is 0 Å². The van der Waals surface area contributed by atoms with Crippen molar-refractivity contribution in [3.8, 4) is 11.4 Å². The molecule has 0 spiro atoms. The summed E-state index contributed by atoms with van der Waals surface area (Å²) in [7, 11) is 0. The number of anilines is 1. The van der Waals surface area contributed by atoms with E-state index >= 15 is 0 Å². The number of imide groups is 1. The number of imidazole rings is 1. The van der Waals surface area contributed by atoms with Gasteiger partial charge in [0.25, 0.3) is 5.91 Å². The fourth-order valence-electron chi connectivity index (χ4n) is 4.00. The van der Waals surface area contributed by atoms with E-state index < -0.39 is 17.5 Å². The molecule has 1 saturated carbocycles. The number of urea groups is 1. The molecule has 158 valence electrons. The van der Waals surface area contributed by atoms with Crippen LogP contribution in [0.4, 0.5) is 14.9 Å². The molecule has 5 rings (SSSR count). The normalized spacial score (nSPS) is 20.9. The molecule has 1 saturated heterocycles. The van der Waals surface area contributed by atoms with Gasteiger partial charge in [-0.05, 0) is 56.0 Å². The number of fused-ring (bicyclic) bond motifs is 1. The number of hydrogen-bond donors (Lipinski definition) is 3. The van der Waals surface area contributed by atoms with Gasteiger partial charge in [0.2, 0.25) is 5.91 Å². The Bertz CT molecular complexity index is 1230. The van der Waals surface area contributed by atoms with Gasteiger partial charge in [-0.3, -0.25) is 14.5 Å². The molecule has 9 heteroatoms. The summed E-state index contributed by atoms with van der Waals surface area (Å²) in [6.45, 7) is 1.35. The first-order chi connectivity index (χ1) is 14.8. The minimum Gasteiger partial charge on any atom is -0.338 e. The maximum atomic E-state index is 13.5. The van der Waals surface area contributed by atoms with Crippen molar-refractivity contribution >= 4 is 34.6 Å². The van der Waals surface area contributed by atoms with Crippen molar-refractivity contribution in [2.45, 2.75) is 25.3 Å². The molecule has 1 aliphatic carbocycles. The highest BCUT2D eigenvalue weighted by Gasteiger charge is 2.56. The monoisotopic (exact) mass is 421 g/mol. The number of carbonyl (C=O) groups is 3. The van der Waals surface area contributed by atoms with Gasteiger partial charge in [0.15, 0.2) is 0 Å². The molecule has 2 aliphatic rings. The lowest BCUT2D eigenvalue weighted by Gasteiger charge is -2.20. The average molecular weight is 421 g/mol. The van der Waals surface area contributed by atoms with Crippen LogP contribution in [0.2, 0.25) is 0 Å². The zero-order valence-corrected chi connectivity index (χ0v) is 16.7. The summed E-state index contributed by atoms with van der Waals surface area (Å²) in [5.41, 5.74) is 1.50. The number of halogens is 1. The number of amides is 4. The highest BCUT2D eigenvalue weighted by atomic mass is 19.1. The number of nitrogens with zero attached hydrogens (tertiary/aromatic N) is 2. The van der Waals surface area contributed by atoms with E-state index in [0.29, 0.717) is 28.1 Å². The first-order valence-corrected chi connectivity index (χ1v) is 10.0. The number of carbonyl (C=O) groups excluding carboxylic acids is 3. The Morgan fingerprint density at radius 1 is 1.26 bits per heavy atom. The summed E-state index contributed by atoms with van der Waals surface area (Å²) in [5, 5.41) is 5.44. The molecule has 0 bridgehead atoms. The third kappa shape index (κ3) is 3.41. The fraction of sp³-hybridized carbons (Fsp3) is 0.273. The number of rotatable bonds is 5. The topological polar surface area (TPSA) is 107 Å². The lowest BCUT2D eigenvalue weighted by Crippen LogP contribution is -2.46. The first kappa shape index (κ1) is 19.2. The van der Waals surface area contributed by atoms with Gasteiger partial charge in [-0.2, -0.15) is 0 Å². The van der Waals surface area contributed by atoms with Gasteiger partial charge < -0.3 is 15.6 Å². The second kappa shape index (κ2) is 6.90. The molecule has 8 nitrogen and oxygen atoms in total. The summed E-state index contributed by atoms with van der Waals surface area (Å²) in [6.07, 6.45) is 1.79. The number of aromatic nitrogens is 2. The smallest absolute Gasteiger partial charge is 0.325 e. The summed E-state index contributed by atoms with van der Waals surface area (Å²) < 4.78 is 13.5. The van der Waals surface area contributed by atoms with Crippen molar-refractivity contribution in [2.24, 2.45) is 5.92 Å². The second-order valence-corrected chi connectivity index (χ2v) is 8.17. The molecule has 1 aliphatic heterocycles. The molecule has 1 unspecified atom stereocenters. The molecular weight excluding hydrogens is 401 g/mol. The highest BCUT2D eigenvalue weighted by molar-refractivity contribution is 6.10. The van der Waals surface area contributed by atoms with Gasteiger partial charge >= 0.3 is 6.03 Å². The lowest BCUT2D eigenvalue weighted by atomic mass is 9.96. The van der Waals surface area contributed by atoms with Gasteiger partial charge in [-0.1, -0.05) is 12.1 Å². The van der Waals surface area contributed by atoms with Crippen LogP contribution in [0.3, 0.4) is 0 Å². The van der Waals surface area contributed by atoms with Crippen LogP contribution in [0, 0.1) is 11.7 Å². The Balaban J connectivity index is 1.30. The minimum atomic E-state index is -0.917. The highest BCUT2D eigenvalue weighted by Crippen LogP contribution is 2.42. The van der Waals surface area contributed by atoms with E-state index in [1.165, 1.54) is 12.1 Å². The van der Waals surface area contributed by atoms with Crippen LogP contribution < -0.4 is 10.6 Å². The predicted octanol–water partition coefficient (Wildman–Crippen LogP) is 3.03. The number of benzene rings is 2. The molecule has 31 heavy (non-hydrogen) atoms. The molecule has 2 aromatic carbocycles. The standard InChI is InChI=1S/C22H20FN5O3/c1-22(13-5-6-13)20(30)28(21(31)27-22)11-18(29)24-15-7-8-16-17(10-15)26-19(25-16)12-3-2-4-14(23)9-12/h2-4,7-10,13H,5-6,11H2,1H3,(H,24,29)(H,25,26)(H,27,31). The van der Waals surface area contributed by atoms with E-state index in [1.807, 2.05) is 0 Å². The van der Waals surface area contributed by atoms with E-state index in [1.54, 1.807) is 37.3 Å². The zero-order valence-electron chi connectivity index (χ0n) is 16.7. The van der Waals surface area contributed by atoms with Gasteiger partial charge in [-0.25, -0.2) is 14.2 Å². The van der Waals surface area contributed by atoms with Crippen LogP contribution in [-0.4, -0.2) is 44.8 Å². The number of H-pyrrole nitrogens is 1. The third-order valence-electron chi connectivity index (χ3n) is 5.86. The average Bonchev–Trinajstić information content (AvgIpc) is 3.47. The van der Waals surface area contributed by atoms with E-state index in [0.717, 1.165) is 17.7 Å². The predicted molar refractivity (Wildman–Crippen MR) is 111 cm³/mol. The van der Waals surface area contributed by atoms with Crippen LogP contribution in [-0.2, 0) is 9.59 Å². The zero-order chi connectivity index (χ0) is 21.8. The molecule has 1 atom stereocenters. The van der Waals surface area contributed by atoms with Gasteiger partial charge in [0.1, 0.15) is 23.7 Å². The maximum absolute atomic E-state index is 13.5. The Hall–Kier alpha value is -3.75. The number of aromatic amines is 1. The Morgan fingerprint density at radius 3 is 2.81 bits per heavy atom. The van der Waals surface area contributed by atoms with E-state index in [9.17, 15) is 18.8 Å². The third-order valence-corrected chi connectivity index (χ3v) is 5.86. The summed E-state index contributed by atoms with van der Waals surface area (Å²) >= 11 is 0. The van der Waals surface area contributed by atoms with Crippen molar-refractivity contribution in [3.63, 3.8) is 0 Å². The summed E-state index contributed by atoms with van der Waals surface area (Å²) in [5.74, 6) is -0.556. The van der Waals surface area contributed by atoms with Crippen LogP contribution in [0.15, 0.2) is 42.5 Å². The van der Waals surface area contributed by atoms with Crippen LogP contribution in [0.5, 0.6) is 0 Å². The molecule has 2 heterocycles. The van der Waals surface area contributed by atoms with Crippen molar-refractivity contribution in [1.29, 1.82) is 0 Å². The quantitative estimate of drug-likeness (QED) is 0.551. The van der Waals surface area contributed by atoms with Gasteiger partial charge in [-0.15, -0.1) is 0 Å². The van der Waals surface area contributed by atoms with Crippen molar-refractivity contribution < 1.29 is 18.8 Å². The minimum absolute atomic E-state index is 0.132. The molecular formula is C22H20FN5O3. The Morgan fingerprint density at radius 2 is 2.06 bits per heavy atom. The number of hydrogen-bond acceptors (Lipinski definition) is 4. The fourth-order valence-corrected chi connectivity index (χ4v) is 4.00. The maximum Gasteiger partial charge on any atom is 0.325 e. The Labute approximate surface area is 176 Å².